The van der Waals surface area contributed by atoms with Crippen molar-refractivity contribution >= 4 is 17.9 Å². The van der Waals surface area contributed by atoms with Crippen molar-refractivity contribution in [2.45, 2.75) is 18.8 Å². The second-order valence-electron chi connectivity index (χ2n) is 4.51. The maximum atomic E-state index is 11.6. The van der Waals surface area contributed by atoms with Crippen LogP contribution in [0.4, 0.5) is 0 Å². The lowest BCUT2D eigenvalue weighted by Gasteiger charge is -2.28. The Morgan fingerprint density at radius 3 is 2.42 bits per heavy atom. The van der Waals surface area contributed by atoms with Gasteiger partial charge in [0.05, 0.1) is 6.10 Å². The Labute approximate surface area is 108 Å². The molecular formula is C12H12O7. The van der Waals surface area contributed by atoms with Crippen molar-refractivity contribution in [3.63, 3.8) is 0 Å². The smallest absolute Gasteiger partial charge is 0.335 e. The molecule has 102 valence electrons. The van der Waals surface area contributed by atoms with Gasteiger partial charge in [-0.15, -0.1) is 0 Å². The molecule has 2 heterocycles. The third-order valence-electron chi connectivity index (χ3n) is 3.14. The van der Waals surface area contributed by atoms with E-state index < -0.39 is 41.6 Å². The van der Waals surface area contributed by atoms with Crippen LogP contribution in [0.1, 0.15) is 6.92 Å². The molecule has 0 aromatic rings. The van der Waals surface area contributed by atoms with Gasteiger partial charge < -0.3 is 19.7 Å². The van der Waals surface area contributed by atoms with Gasteiger partial charge in [-0.1, -0.05) is 12.7 Å². The molecule has 1 saturated heterocycles. The van der Waals surface area contributed by atoms with Gasteiger partial charge in [0, 0.05) is 5.57 Å². The molecule has 0 aliphatic carbocycles. The van der Waals surface area contributed by atoms with Crippen LogP contribution in [0.25, 0.3) is 0 Å². The quantitative estimate of drug-likeness (QED) is 0.425. The van der Waals surface area contributed by atoms with E-state index in [-0.39, 0.29) is 5.57 Å². The van der Waals surface area contributed by atoms with Crippen molar-refractivity contribution < 1.29 is 34.1 Å². The number of hydrogen-bond acceptors (Lipinski definition) is 5. The van der Waals surface area contributed by atoms with E-state index in [1.165, 1.54) is 19.1 Å². The Morgan fingerprint density at radius 2 is 1.95 bits per heavy atom. The maximum absolute atomic E-state index is 11.6. The van der Waals surface area contributed by atoms with Crippen LogP contribution in [0.2, 0.25) is 0 Å². The minimum atomic E-state index is -1.87. The zero-order valence-electron chi connectivity index (χ0n) is 10.0. The van der Waals surface area contributed by atoms with E-state index in [0.29, 0.717) is 0 Å². The van der Waals surface area contributed by atoms with E-state index in [1.807, 2.05) is 0 Å². The largest absolute Gasteiger partial charge is 0.481 e. The number of carboxylic acids is 2. The topological polar surface area (TPSA) is 110 Å². The fourth-order valence-electron chi connectivity index (χ4n) is 2.29. The second kappa shape index (κ2) is 4.20. The number of hydrogen-bond donors (Lipinski definition) is 2. The molecule has 0 unspecified atom stereocenters. The summed E-state index contributed by atoms with van der Waals surface area (Å²) >= 11 is 0. The van der Waals surface area contributed by atoms with E-state index >= 15 is 0 Å². The van der Waals surface area contributed by atoms with Crippen LogP contribution < -0.4 is 0 Å². The van der Waals surface area contributed by atoms with Crippen LogP contribution in [0.15, 0.2) is 24.3 Å². The Bertz CT molecular complexity index is 506. The van der Waals surface area contributed by atoms with Gasteiger partial charge in [0.15, 0.2) is 0 Å². The molecule has 0 spiro atoms. The highest BCUT2D eigenvalue weighted by Crippen LogP contribution is 2.48. The summed E-state index contributed by atoms with van der Waals surface area (Å²) in [6.07, 6.45) is 1.75. The van der Waals surface area contributed by atoms with Crippen molar-refractivity contribution in [2.24, 2.45) is 11.8 Å². The summed E-state index contributed by atoms with van der Waals surface area (Å²) in [5, 5.41) is 18.3. The predicted molar refractivity (Wildman–Crippen MR) is 59.9 cm³/mol. The first-order valence-corrected chi connectivity index (χ1v) is 5.50. The average molecular weight is 268 g/mol. The number of fused-ring (bicyclic) bond motifs is 2. The van der Waals surface area contributed by atoms with Crippen molar-refractivity contribution in [3.05, 3.63) is 24.3 Å². The Balaban J connectivity index is 2.37. The molecule has 2 rings (SSSR count). The summed E-state index contributed by atoms with van der Waals surface area (Å²) in [5.41, 5.74) is 0.0674. The van der Waals surface area contributed by atoms with Crippen LogP contribution in [-0.2, 0) is 23.9 Å². The number of carbonyl (C=O) groups excluding carboxylic acids is 1. The second-order valence-corrected chi connectivity index (χ2v) is 4.51. The molecule has 0 radical (unpaired) electrons. The van der Waals surface area contributed by atoms with E-state index in [9.17, 15) is 19.5 Å². The van der Waals surface area contributed by atoms with Gasteiger partial charge in [-0.05, 0) is 13.0 Å². The molecule has 0 amide bonds. The number of carbonyl (C=O) groups is 3. The molecule has 0 aromatic carbocycles. The molecule has 2 N–H and O–H groups in total. The van der Waals surface area contributed by atoms with Crippen LogP contribution in [0.3, 0.4) is 0 Å². The van der Waals surface area contributed by atoms with E-state index in [2.05, 4.69) is 6.58 Å². The van der Waals surface area contributed by atoms with Crippen molar-refractivity contribution in [2.75, 3.05) is 0 Å². The molecule has 7 heteroatoms. The Morgan fingerprint density at radius 1 is 1.32 bits per heavy atom. The summed E-state index contributed by atoms with van der Waals surface area (Å²) in [6, 6.07) is 0. The van der Waals surface area contributed by atoms with Crippen LogP contribution >= 0.6 is 0 Å². The highest BCUT2D eigenvalue weighted by Gasteiger charge is 2.65. The number of esters is 1. The molecule has 0 saturated carbocycles. The zero-order chi connectivity index (χ0) is 14.4. The Kier molecular flexibility index (Phi) is 2.94. The first-order chi connectivity index (χ1) is 8.78. The van der Waals surface area contributed by atoms with Crippen LogP contribution in [0.5, 0.6) is 0 Å². The van der Waals surface area contributed by atoms with Gasteiger partial charge in [-0.3, -0.25) is 9.59 Å². The highest BCUT2D eigenvalue weighted by atomic mass is 16.7. The van der Waals surface area contributed by atoms with Gasteiger partial charge >= 0.3 is 17.9 Å². The molecule has 2 aliphatic rings. The monoisotopic (exact) mass is 268 g/mol. The van der Waals surface area contributed by atoms with E-state index in [4.69, 9.17) is 14.6 Å². The summed E-state index contributed by atoms with van der Waals surface area (Å²) in [6.45, 7) is 4.78. The van der Waals surface area contributed by atoms with Crippen LogP contribution in [0, 0.1) is 11.8 Å². The zero-order valence-corrected chi connectivity index (χ0v) is 10.0. The fourth-order valence-corrected chi connectivity index (χ4v) is 2.29. The Hall–Kier alpha value is -2.15. The highest BCUT2D eigenvalue weighted by molar-refractivity contribution is 5.89. The standard InChI is InChI=1S/C12H12O7/c1-5(2)11(17)19-12-4-3-6(18-12)7(9(13)14)8(12)10(15)16/h3-4,6-8H,1H2,2H3,(H,13,14)(H,15,16)/t6-,7-,8+,12-/m0/s1. The molecule has 4 atom stereocenters. The number of carboxylic acid groups (broad SMARTS) is 2. The lowest BCUT2D eigenvalue weighted by molar-refractivity contribution is -0.205. The fraction of sp³-hybridized carbons (Fsp3) is 0.417. The summed E-state index contributed by atoms with van der Waals surface area (Å²) in [4.78, 5) is 34.0. The number of aliphatic carboxylic acids is 2. The van der Waals surface area contributed by atoms with Gasteiger partial charge in [-0.25, -0.2) is 4.79 Å². The summed E-state index contributed by atoms with van der Waals surface area (Å²) < 4.78 is 10.3. The predicted octanol–water partition coefficient (Wildman–Crippen LogP) is 0.172. The molecule has 1 fully saturated rings. The normalized spacial score (nSPS) is 35.1. The van der Waals surface area contributed by atoms with Gasteiger partial charge in [0.2, 0.25) is 5.79 Å². The summed E-state index contributed by atoms with van der Waals surface area (Å²) in [5.74, 6) is -8.18. The first-order valence-electron chi connectivity index (χ1n) is 5.50. The van der Waals surface area contributed by atoms with Gasteiger partial charge in [0.1, 0.15) is 11.8 Å². The number of rotatable bonds is 4. The minimum Gasteiger partial charge on any atom is -0.481 e. The molecule has 19 heavy (non-hydrogen) atoms. The van der Waals surface area contributed by atoms with Crippen molar-refractivity contribution in [1.29, 1.82) is 0 Å². The van der Waals surface area contributed by atoms with Gasteiger partial charge in [0.25, 0.3) is 0 Å². The molecule has 2 bridgehead atoms. The third kappa shape index (κ3) is 1.91. The van der Waals surface area contributed by atoms with E-state index in [1.54, 1.807) is 0 Å². The lowest BCUT2D eigenvalue weighted by Crippen LogP contribution is -2.46. The number of ether oxygens (including phenoxy) is 2. The van der Waals surface area contributed by atoms with Crippen molar-refractivity contribution in [3.8, 4) is 0 Å². The molecule has 2 aliphatic heterocycles. The molecule has 7 nitrogen and oxygen atoms in total. The van der Waals surface area contributed by atoms with Gasteiger partial charge in [-0.2, -0.15) is 0 Å². The minimum absolute atomic E-state index is 0.0674. The molecular weight excluding hydrogens is 256 g/mol. The maximum Gasteiger partial charge on any atom is 0.335 e. The van der Waals surface area contributed by atoms with Crippen LogP contribution in [-0.4, -0.2) is 40.0 Å². The van der Waals surface area contributed by atoms with E-state index in [0.717, 1.165) is 0 Å². The molecule has 0 aromatic heterocycles. The summed E-state index contributed by atoms with van der Waals surface area (Å²) in [7, 11) is 0. The first kappa shape index (κ1) is 13.3. The SMILES string of the molecule is C=C(C)C(=O)O[C@]12C=C[C@H](O1)[C@H](C(=O)O)[C@@H]2C(=O)O. The third-order valence-corrected chi connectivity index (χ3v) is 3.14. The van der Waals surface area contributed by atoms with Crippen molar-refractivity contribution in [1.82, 2.24) is 0 Å². The lowest BCUT2D eigenvalue weighted by atomic mass is 9.81. The average Bonchev–Trinajstić information content (AvgIpc) is 2.82.